The van der Waals surface area contributed by atoms with E-state index in [4.69, 9.17) is 0 Å². The van der Waals surface area contributed by atoms with E-state index in [0.29, 0.717) is 23.5 Å². The maximum atomic E-state index is 12.2. The Morgan fingerprint density at radius 1 is 1.03 bits per heavy atom. The molecule has 1 aromatic carbocycles. The van der Waals surface area contributed by atoms with Crippen LogP contribution in [0.15, 0.2) is 48.7 Å². The number of fused-ring (bicyclic) bond motifs is 1. The van der Waals surface area contributed by atoms with Crippen molar-refractivity contribution in [1.29, 1.82) is 0 Å². The number of pyridine rings is 1. The monoisotopic (exact) mass is 423 g/mol. The first-order chi connectivity index (χ1) is 15.2. The Bertz CT molecular complexity index is 1010. The highest BCUT2D eigenvalue weighted by molar-refractivity contribution is 5.89. The minimum absolute atomic E-state index is 0. The lowest BCUT2D eigenvalue weighted by molar-refractivity contribution is 0.252. The standard InChI is InChI=1S/C23H29N7O.2H2/c1-29-13-15-30(16-14-29)21-17-25-19-10-11-20(26-22(19)28-21)27-23(31)24-12-6-5-9-18-7-3-2-4-8-18;;/h2-4,7-8,10-11,17H,5-6,9,12-16H2,1H3,(H2,24,26,27,28,31);2*1H. The summed E-state index contributed by atoms with van der Waals surface area (Å²) in [6.45, 7) is 4.46. The predicted octanol–water partition coefficient (Wildman–Crippen LogP) is 3.41. The molecule has 0 atom stereocenters. The minimum atomic E-state index is -0.255. The second-order valence-corrected chi connectivity index (χ2v) is 7.88. The van der Waals surface area contributed by atoms with Crippen molar-refractivity contribution in [2.75, 3.05) is 50.0 Å². The predicted molar refractivity (Wildman–Crippen MR) is 128 cm³/mol. The van der Waals surface area contributed by atoms with Gasteiger partial charge in [-0.2, -0.15) is 0 Å². The van der Waals surface area contributed by atoms with Crippen molar-refractivity contribution in [3.63, 3.8) is 0 Å². The van der Waals surface area contributed by atoms with Crippen molar-refractivity contribution in [2.24, 2.45) is 0 Å². The number of likely N-dealkylation sites (N-methyl/N-ethyl adjacent to an activating group) is 1. The number of hydrogen-bond acceptors (Lipinski definition) is 6. The molecule has 3 aromatic rings. The average Bonchev–Trinajstić information content (AvgIpc) is 2.79. The van der Waals surface area contributed by atoms with Crippen LogP contribution in [0.2, 0.25) is 0 Å². The molecule has 0 unspecified atom stereocenters. The van der Waals surface area contributed by atoms with Gasteiger partial charge in [0.05, 0.1) is 6.20 Å². The number of carbonyl (C=O) groups is 1. The van der Waals surface area contributed by atoms with Gasteiger partial charge in [0.15, 0.2) is 5.65 Å². The number of piperazine rings is 1. The normalized spacial score (nSPS) is 14.5. The molecule has 1 aliphatic heterocycles. The summed E-state index contributed by atoms with van der Waals surface area (Å²) in [7, 11) is 2.12. The molecule has 0 spiro atoms. The quantitative estimate of drug-likeness (QED) is 0.567. The van der Waals surface area contributed by atoms with Crippen LogP contribution >= 0.6 is 0 Å². The second-order valence-electron chi connectivity index (χ2n) is 7.88. The van der Waals surface area contributed by atoms with Gasteiger partial charge >= 0.3 is 6.03 Å². The summed E-state index contributed by atoms with van der Waals surface area (Å²) in [5.41, 5.74) is 2.58. The Kier molecular flexibility index (Phi) is 6.89. The molecule has 1 saturated heterocycles. The maximum Gasteiger partial charge on any atom is 0.320 e. The molecule has 166 valence electrons. The first-order valence-electron chi connectivity index (χ1n) is 10.8. The number of urea groups is 1. The summed E-state index contributed by atoms with van der Waals surface area (Å²) in [6.07, 6.45) is 4.77. The summed E-state index contributed by atoms with van der Waals surface area (Å²) in [5, 5.41) is 5.69. The van der Waals surface area contributed by atoms with Gasteiger partial charge in [0.25, 0.3) is 0 Å². The zero-order valence-electron chi connectivity index (χ0n) is 17.9. The highest BCUT2D eigenvalue weighted by atomic mass is 16.2. The molecule has 0 bridgehead atoms. The van der Waals surface area contributed by atoms with Crippen LogP contribution < -0.4 is 15.5 Å². The number of nitrogens with one attached hydrogen (secondary N) is 2. The van der Waals surface area contributed by atoms with Crippen molar-refractivity contribution in [3.05, 3.63) is 54.2 Å². The van der Waals surface area contributed by atoms with E-state index in [0.717, 1.165) is 51.3 Å². The van der Waals surface area contributed by atoms with Crippen LogP contribution in [0.4, 0.5) is 16.4 Å². The van der Waals surface area contributed by atoms with Crippen molar-refractivity contribution in [2.45, 2.75) is 19.3 Å². The first-order valence-corrected chi connectivity index (χ1v) is 10.8. The van der Waals surface area contributed by atoms with Crippen LogP contribution in [-0.2, 0) is 6.42 Å². The fraction of sp³-hybridized carbons (Fsp3) is 0.391. The number of unbranched alkanes of at least 4 members (excludes halogenated alkanes) is 1. The van der Waals surface area contributed by atoms with E-state index in [1.54, 1.807) is 12.3 Å². The van der Waals surface area contributed by atoms with E-state index in [1.165, 1.54) is 5.56 Å². The van der Waals surface area contributed by atoms with Gasteiger partial charge in [-0.1, -0.05) is 30.3 Å². The molecule has 2 aromatic heterocycles. The van der Waals surface area contributed by atoms with Gasteiger partial charge in [0.1, 0.15) is 17.2 Å². The smallest absolute Gasteiger partial charge is 0.320 e. The molecule has 2 N–H and O–H groups in total. The van der Waals surface area contributed by atoms with Crippen LogP contribution in [0, 0.1) is 0 Å². The maximum absolute atomic E-state index is 12.2. The third kappa shape index (κ3) is 5.88. The molecule has 1 aliphatic rings. The summed E-state index contributed by atoms with van der Waals surface area (Å²) < 4.78 is 0. The van der Waals surface area contributed by atoms with Gasteiger partial charge in [0.2, 0.25) is 0 Å². The fourth-order valence-corrected chi connectivity index (χ4v) is 3.61. The van der Waals surface area contributed by atoms with Crippen LogP contribution in [0.3, 0.4) is 0 Å². The van der Waals surface area contributed by atoms with Gasteiger partial charge in [-0.05, 0) is 44.0 Å². The van der Waals surface area contributed by atoms with Crippen molar-refractivity contribution in [1.82, 2.24) is 25.2 Å². The van der Waals surface area contributed by atoms with Gasteiger partial charge in [-0.15, -0.1) is 0 Å². The second kappa shape index (κ2) is 10.2. The van der Waals surface area contributed by atoms with Crippen molar-refractivity contribution in [3.8, 4) is 0 Å². The van der Waals surface area contributed by atoms with Crippen molar-refractivity contribution >= 4 is 28.8 Å². The number of aryl methyl sites for hydroxylation is 1. The molecular weight excluding hydrogens is 390 g/mol. The number of amides is 2. The van der Waals surface area contributed by atoms with Crippen LogP contribution in [0.1, 0.15) is 21.3 Å². The lowest BCUT2D eigenvalue weighted by Crippen LogP contribution is -2.44. The lowest BCUT2D eigenvalue weighted by Gasteiger charge is -2.32. The molecule has 0 aliphatic carbocycles. The van der Waals surface area contributed by atoms with E-state index in [-0.39, 0.29) is 8.88 Å². The highest BCUT2D eigenvalue weighted by Gasteiger charge is 2.16. The largest absolute Gasteiger partial charge is 0.353 e. The molecule has 3 heterocycles. The number of anilines is 2. The van der Waals surface area contributed by atoms with E-state index in [1.807, 2.05) is 12.1 Å². The van der Waals surface area contributed by atoms with Crippen LogP contribution in [0.25, 0.3) is 11.2 Å². The molecule has 8 nitrogen and oxygen atoms in total. The summed E-state index contributed by atoms with van der Waals surface area (Å²) in [5.74, 6) is 1.30. The Balaban J connectivity index is 0.00000193. The minimum Gasteiger partial charge on any atom is -0.353 e. The van der Waals surface area contributed by atoms with E-state index >= 15 is 0 Å². The van der Waals surface area contributed by atoms with Gasteiger partial charge in [-0.25, -0.2) is 19.7 Å². The molecule has 8 heteroatoms. The van der Waals surface area contributed by atoms with Gasteiger partial charge in [0, 0.05) is 35.6 Å². The fourth-order valence-electron chi connectivity index (χ4n) is 3.61. The van der Waals surface area contributed by atoms with Crippen molar-refractivity contribution < 1.29 is 7.65 Å². The zero-order chi connectivity index (χ0) is 21.5. The molecule has 0 radical (unpaired) electrons. The highest BCUT2D eigenvalue weighted by Crippen LogP contribution is 2.17. The Morgan fingerprint density at radius 2 is 1.84 bits per heavy atom. The van der Waals surface area contributed by atoms with Crippen LogP contribution in [-0.4, -0.2) is 65.7 Å². The number of nitrogens with zero attached hydrogens (tertiary/aromatic N) is 5. The van der Waals surface area contributed by atoms with Gasteiger partial charge < -0.3 is 15.1 Å². The topological polar surface area (TPSA) is 86.3 Å². The Labute approximate surface area is 185 Å². The number of benzene rings is 1. The lowest BCUT2D eigenvalue weighted by atomic mass is 10.1. The number of aromatic nitrogens is 3. The first kappa shape index (κ1) is 21.0. The SMILES string of the molecule is CN1CCN(c2cnc3ccc(NC(=O)NCCCCc4ccccc4)nc3n2)CC1.[HH].[HH]. The third-order valence-corrected chi connectivity index (χ3v) is 5.48. The summed E-state index contributed by atoms with van der Waals surface area (Å²) in [6, 6.07) is 13.7. The molecule has 4 rings (SSSR count). The number of carbonyl (C=O) groups excluding carboxylic acids is 1. The number of rotatable bonds is 7. The third-order valence-electron chi connectivity index (χ3n) is 5.48. The summed E-state index contributed by atoms with van der Waals surface area (Å²) >= 11 is 0. The molecule has 1 fully saturated rings. The number of hydrogen-bond donors (Lipinski definition) is 2. The molecule has 31 heavy (non-hydrogen) atoms. The Hall–Kier alpha value is -3.26. The molecule has 2 amide bonds. The average molecular weight is 424 g/mol. The van der Waals surface area contributed by atoms with E-state index in [2.05, 4.69) is 66.7 Å². The molecule has 0 saturated carbocycles. The zero-order valence-corrected chi connectivity index (χ0v) is 17.9. The Morgan fingerprint density at radius 3 is 2.65 bits per heavy atom. The van der Waals surface area contributed by atoms with E-state index < -0.39 is 0 Å². The molecular formula is C23H33N7O. The summed E-state index contributed by atoms with van der Waals surface area (Å²) in [4.78, 5) is 30.4. The van der Waals surface area contributed by atoms with E-state index in [9.17, 15) is 4.79 Å². The van der Waals surface area contributed by atoms with Gasteiger partial charge in [-0.3, -0.25) is 5.32 Å². The van der Waals surface area contributed by atoms with Crippen LogP contribution in [0.5, 0.6) is 0 Å².